The highest BCUT2D eigenvalue weighted by atomic mass is 16.5. The zero-order valence-electron chi connectivity index (χ0n) is 20.6. The van der Waals surface area contributed by atoms with Crippen molar-refractivity contribution in [2.75, 3.05) is 11.9 Å². The molecule has 36 heavy (non-hydrogen) atoms. The molecule has 2 aromatic carbocycles. The Morgan fingerprint density at radius 3 is 2.53 bits per heavy atom. The van der Waals surface area contributed by atoms with Crippen LogP contribution in [0.2, 0.25) is 0 Å². The summed E-state index contributed by atoms with van der Waals surface area (Å²) >= 11 is 0. The molecule has 0 radical (unpaired) electrons. The van der Waals surface area contributed by atoms with Crippen molar-refractivity contribution in [1.29, 1.82) is 0 Å². The van der Waals surface area contributed by atoms with E-state index in [0.29, 0.717) is 23.2 Å². The Labute approximate surface area is 210 Å². The molecule has 1 aliphatic rings. The summed E-state index contributed by atoms with van der Waals surface area (Å²) in [5, 5.41) is 3.52. The Morgan fingerprint density at radius 2 is 1.81 bits per heavy atom. The lowest BCUT2D eigenvalue weighted by Crippen LogP contribution is -2.22. The number of aromatic nitrogens is 1. The zero-order chi connectivity index (χ0) is 25.3. The first-order chi connectivity index (χ1) is 17.3. The van der Waals surface area contributed by atoms with Crippen molar-refractivity contribution >= 4 is 40.1 Å². The van der Waals surface area contributed by atoms with Crippen LogP contribution < -0.4 is 5.32 Å². The van der Waals surface area contributed by atoms with E-state index in [1.165, 1.54) is 5.56 Å². The van der Waals surface area contributed by atoms with Crippen LogP contribution in [0.15, 0.2) is 71.3 Å². The van der Waals surface area contributed by atoms with Gasteiger partial charge in [0.25, 0.3) is 5.91 Å². The minimum atomic E-state index is -0.526. The number of carbonyl (C=O) groups excluding carboxylic acids is 2. The number of rotatable bonds is 5. The first-order valence-corrected chi connectivity index (χ1v) is 12.0. The second-order valence-corrected chi connectivity index (χ2v) is 9.97. The van der Waals surface area contributed by atoms with Crippen LogP contribution >= 0.6 is 0 Å². The van der Waals surface area contributed by atoms with Crippen LogP contribution in [0.4, 0.5) is 5.69 Å². The van der Waals surface area contributed by atoms with E-state index in [-0.39, 0.29) is 17.9 Å². The van der Waals surface area contributed by atoms with Crippen LogP contribution in [-0.2, 0) is 21.4 Å². The van der Waals surface area contributed by atoms with Gasteiger partial charge in [-0.2, -0.15) is 0 Å². The van der Waals surface area contributed by atoms with E-state index in [1.54, 1.807) is 6.26 Å². The van der Waals surface area contributed by atoms with Gasteiger partial charge in [0.2, 0.25) is 0 Å². The van der Waals surface area contributed by atoms with Crippen molar-refractivity contribution in [1.82, 2.24) is 4.98 Å². The number of nitrogens with one attached hydrogen (secondary N) is 1. The third-order valence-corrected chi connectivity index (χ3v) is 6.37. The maximum Gasteiger partial charge on any atom is 0.339 e. The molecule has 1 N–H and O–H groups in total. The van der Waals surface area contributed by atoms with E-state index in [1.807, 2.05) is 66.7 Å². The van der Waals surface area contributed by atoms with Gasteiger partial charge in [-0.1, -0.05) is 51.1 Å². The molecular formula is C30H28N2O4. The van der Waals surface area contributed by atoms with Gasteiger partial charge in [-0.15, -0.1) is 0 Å². The summed E-state index contributed by atoms with van der Waals surface area (Å²) in [4.78, 5) is 30.7. The number of nitrogens with zero attached hydrogens (tertiary/aromatic N) is 1. The third-order valence-electron chi connectivity index (χ3n) is 6.37. The summed E-state index contributed by atoms with van der Waals surface area (Å²) in [6.07, 6.45) is 4.99. The number of esters is 1. The van der Waals surface area contributed by atoms with E-state index < -0.39 is 5.97 Å². The molecule has 0 bridgehead atoms. The number of ether oxygens (including phenoxy) is 1. The molecule has 182 valence electrons. The van der Waals surface area contributed by atoms with Gasteiger partial charge >= 0.3 is 5.97 Å². The van der Waals surface area contributed by atoms with E-state index in [9.17, 15) is 9.59 Å². The summed E-state index contributed by atoms with van der Waals surface area (Å²) in [6, 6.07) is 18.9. The number of fused-ring (bicyclic) bond motifs is 2. The highest BCUT2D eigenvalue weighted by Gasteiger charge is 2.28. The van der Waals surface area contributed by atoms with Gasteiger partial charge in [0.1, 0.15) is 5.76 Å². The Hall–Kier alpha value is -4.19. The summed E-state index contributed by atoms with van der Waals surface area (Å²) in [5.41, 5.74) is 5.67. The maximum absolute atomic E-state index is 13.3. The highest BCUT2D eigenvalue weighted by molar-refractivity contribution is 6.08. The maximum atomic E-state index is 13.3. The van der Waals surface area contributed by atoms with Gasteiger partial charge in [-0.05, 0) is 71.4 Å². The quantitative estimate of drug-likeness (QED) is 0.334. The molecule has 0 saturated heterocycles. The highest BCUT2D eigenvalue weighted by Crippen LogP contribution is 2.37. The lowest BCUT2D eigenvalue weighted by atomic mass is 9.87. The summed E-state index contributed by atoms with van der Waals surface area (Å²) in [5.74, 6) is -0.174. The molecular weight excluding hydrogens is 452 g/mol. The number of pyridine rings is 1. The molecule has 5 rings (SSSR count). The largest absolute Gasteiger partial charge is 0.465 e. The van der Waals surface area contributed by atoms with Crippen LogP contribution in [0.5, 0.6) is 0 Å². The van der Waals surface area contributed by atoms with Gasteiger partial charge in [-0.3, -0.25) is 4.79 Å². The van der Waals surface area contributed by atoms with Crippen molar-refractivity contribution < 1.29 is 18.7 Å². The average Bonchev–Trinajstić information content (AvgIpc) is 3.51. The monoisotopic (exact) mass is 480 g/mol. The van der Waals surface area contributed by atoms with Crippen molar-refractivity contribution in [2.45, 2.75) is 39.0 Å². The van der Waals surface area contributed by atoms with Crippen LogP contribution in [0, 0.1) is 0 Å². The third kappa shape index (κ3) is 4.80. The molecule has 6 heteroatoms. The molecule has 0 unspecified atom stereocenters. The van der Waals surface area contributed by atoms with Crippen LogP contribution in [0.3, 0.4) is 0 Å². The Balaban J connectivity index is 1.36. The summed E-state index contributed by atoms with van der Waals surface area (Å²) < 4.78 is 11.0. The van der Waals surface area contributed by atoms with E-state index >= 15 is 0 Å². The van der Waals surface area contributed by atoms with Crippen molar-refractivity contribution in [3.8, 4) is 0 Å². The Bertz CT molecular complexity index is 1460. The second kappa shape index (κ2) is 9.46. The Kier molecular flexibility index (Phi) is 6.18. The number of carbonyl (C=O) groups is 2. The molecule has 0 atom stereocenters. The number of amides is 1. The van der Waals surface area contributed by atoms with E-state index in [0.717, 1.165) is 34.4 Å². The number of para-hydroxylation sites is 1. The minimum absolute atomic E-state index is 0.0264. The summed E-state index contributed by atoms with van der Waals surface area (Å²) in [7, 11) is 0. The summed E-state index contributed by atoms with van der Waals surface area (Å²) in [6.45, 7) is 6.03. The standard InChI is InChI=1S/C30H28N2O4/c1-30(2,3)20-11-13-21(14-12-20)31-26(33)18-36-29(34)27-23-8-4-5-9-25(23)32-28-19(10-15-24(27)28)17-22-7-6-16-35-22/h4-9,11-14,16-17H,10,15,18H2,1-3H3,(H,31,33)/b19-17-. The number of benzene rings is 2. The minimum Gasteiger partial charge on any atom is -0.465 e. The first kappa shape index (κ1) is 23.5. The molecule has 2 aromatic heterocycles. The number of furan rings is 1. The van der Waals surface area contributed by atoms with Gasteiger partial charge in [0.15, 0.2) is 6.61 Å². The van der Waals surface area contributed by atoms with Crippen molar-refractivity contribution in [3.05, 3.63) is 95.1 Å². The van der Waals surface area contributed by atoms with E-state index in [4.69, 9.17) is 14.1 Å². The molecule has 4 aromatic rings. The SMILES string of the molecule is CC(C)(C)c1ccc(NC(=O)COC(=O)c2c3c(nc4ccccc24)/C(=C\c2ccco2)CC3)cc1. The van der Waals surface area contributed by atoms with Crippen LogP contribution in [-0.4, -0.2) is 23.5 Å². The predicted octanol–water partition coefficient (Wildman–Crippen LogP) is 6.41. The van der Waals surface area contributed by atoms with E-state index in [2.05, 4.69) is 26.1 Å². The number of hydrogen-bond donors (Lipinski definition) is 1. The smallest absolute Gasteiger partial charge is 0.339 e. The van der Waals surface area contributed by atoms with Crippen molar-refractivity contribution in [2.24, 2.45) is 0 Å². The molecule has 0 spiro atoms. The second-order valence-electron chi connectivity index (χ2n) is 9.97. The normalized spacial score (nSPS) is 14.1. The number of hydrogen-bond acceptors (Lipinski definition) is 5. The lowest BCUT2D eigenvalue weighted by molar-refractivity contribution is -0.119. The predicted molar refractivity (Wildman–Crippen MR) is 141 cm³/mol. The van der Waals surface area contributed by atoms with Gasteiger partial charge in [0, 0.05) is 11.1 Å². The fourth-order valence-corrected chi connectivity index (χ4v) is 4.51. The van der Waals surface area contributed by atoms with Crippen LogP contribution in [0.25, 0.3) is 22.6 Å². The van der Waals surface area contributed by atoms with Crippen molar-refractivity contribution in [3.63, 3.8) is 0 Å². The molecule has 0 saturated carbocycles. The molecule has 0 aliphatic heterocycles. The molecule has 6 nitrogen and oxygen atoms in total. The lowest BCUT2D eigenvalue weighted by Gasteiger charge is -2.19. The topological polar surface area (TPSA) is 81.4 Å². The molecule has 2 heterocycles. The first-order valence-electron chi connectivity index (χ1n) is 12.0. The number of allylic oxidation sites excluding steroid dienone is 1. The van der Waals surface area contributed by atoms with Gasteiger partial charge in [-0.25, -0.2) is 9.78 Å². The Morgan fingerprint density at radius 1 is 1.03 bits per heavy atom. The van der Waals surface area contributed by atoms with Gasteiger partial charge < -0.3 is 14.5 Å². The molecule has 1 amide bonds. The average molecular weight is 481 g/mol. The molecule has 0 fully saturated rings. The zero-order valence-corrected chi connectivity index (χ0v) is 20.6. The number of anilines is 1. The molecule has 1 aliphatic carbocycles. The fraction of sp³-hybridized carbons (Fsp3) is 0.233. The van der Waals surface area contributed by atoms with Crippen LogP contribution in [0.1, 0.15) is 60.1 Å². The fourth-order valence-electron chi connectivity index (χ4n) is 4.51. The van der Waals surface area contributed by atoms with Gasteiger partial charge in [0.05, 0.1) is 23.0 Å².